The van der Waals surface area contributed by atoms with Crippen LogP contribution in [0.15, 0.2) is 0 Å². The number of hydrogen-bond donors (Lipinski definition) is 0. The van der Waals surface area contributed by atoms with Gasteiger partial charge in [0.15, 0.2) is 0 Å². The second-order valence-electron chi connectivity index (χ2n) is 3.92. The molecule has 1 atom stereocenters. The number of unbranched alkanes of at least 4 members (excludes halogenated alkanes) is 1. The molecule has 0 spiro atoms. The lowest BCUT2D eigenvalue weighted by Gasteiger charge is -2.32. The molecular formula is C11H22ClNO. The molecule has 1 aliphatic heterocycles. The van der Waals surface area contributed by atoms with Gasteiger partial charge in [0.2, 0.25) is 0 Å². The van der Waals surface area contributed by atoms with E-state index in [0.717, 1.165) is 25.5 Å². The van der Waals surface area contributed by atoms with Gasteiger partial charge in [-0.1, -0.05) is 0 Å². The van der Waals surface area contributed by atoms with E-state index in [-0.39, 0.29) is 0 Å². The molecule has 1 saturated heterocycles. The van der Waals surface area contributed by atoms with Crippen molar-refractivity contribution in [3.63, 3.8) is 0 Å². The van der Waals surface area contributed by atoms with E-state index in [1.54, 1.807) is 0 Å². The minimum Gasteiger partial charge on any atom is -0.377 e. The number of rotatable bonds is 6. The molecule has 0 bridgehead atoms. The maximum atomic E-state index is 5.65. The van der Waals surface area contributed by atoms with Crippen LogP contribution in [0.2, 0.25) is 0 Å². The topological polar surface area (TPSA) is 12.5 Å². The van der Waals surface area contributed by atoms with Crippen LogP contribution in [0.1, 0.15) is 32.6 Å². The zero-order valence-corrected chi connectivity index (χ0v) is 9.93. The van der Waals surface area contributed by atoms with E-state index >= 15 is 0 Å². The van der Waals surface area contributed by atoms with Gasteiger partial charge in [0, 0.05) is 19.0 Å². The van der Waals surface area contributed by atoms with Gasteiger partial charge in [-0.05, 0) is 45.7 Å². The quantitative estimate of drug-likeness (QED) is 0.503. The van der Waals surface area contributed by atoms with E-state index in [9.17, 15) is 0 Å². The van der Waals surface area contributed by atoms with Gasteiger partial charge in [-0.25, -0.2) is 0 Å². The maximum Gasteiger partial charge on any atom is 0.0702 e. The van der Waals surface area contributed by atoms with Crippen LogP contribution in [0.3, 0.4) is 0 Å². The Hall–Kier alpha value is 0.210. The van der Waals surface area contributed by atoms with Gasteiger partial charge in [-0.3, -0.25) is 0 Å². The summed E-state index contributed by atoms with van der Waals surface area (Å²) in [5.41, 5.74) is 0. The van der Waals surface area contributed by atoms with Crippen LogP contribution < -0.4 is 0 Å². The van der Waals surface area contributed by atoms with E-state index < -0.39 is 0 Å². The smallest absolute Gasteiger partial charge is 0.0702 e. The lowest BCUT2D eigenvalue weighted by atomic mass is 10.1. The SMILES string of the molecule is CCOC1CCCN(CCCCCl)C1. The van der Waals surface area contributed by atoms with Crippen molar-refractivity contribution in [2.75, 3.05) is 32.1 Å². The van der Waals surface area contributed by atoms with Gasteiger partial charge in [0.1, 0.15) is 0 Å². The van der Waals surface area contributed by atoms with Crippen molar-refractivity contribution in [1.29, 1.82) is 0 Å². The largest absolute Gasteiger partial charge is 0.377 e. The molecule has 1 aliphatic rings. The number of alkyl halides is 1. The first-order chi connectivity index (χ1) is 6.86. The van der Waals surface area contributed by atoms with Crippen LogP contribution in [0.25, 0.3) is 0 Å². The molecule has 3 heteroatoms. The van der Waals surface area contributed by atoms with Gasteiger partial charge in [0.05, 0.1) is 6.10 Å². The molecule has 0 aromatic heterocycles. The zero-order valence-electron chi connectivity index (χ0n) is 9.17. The predicted octanol–water partition coefficient (Wildman–Crippen LogP) is 2.51. The summed E-state index contributed by atoms with van der Waals surface area (Å²) in [5, 5.41) is 0. The summed E-state index contributed by atoms with van der Waals surface area (Å²) < 4.78 is 5.65. The highest BCUT2D eigenvalue weighted by atomic mass is 35.5. The van der Waals surface area contributed by atoms with Crippen molar-refractivity contribution in [1.82, 2.24) is 4.90 Å². The van der Waals surface area contributed by atoms with Crippen molar-refractivity contribution >= 4 is 11.6 Å². The third-order valence-electron chi connectivity index (χ3n) is 2.72. The summed E-state index contributed by atoms with van der Waals surface area (Å²) in [4.78, 5) is 2.51. The normalized spacial score (nSPS) is 24.0. The fraction of sp³-hybridized carbons (Fsp3) is 1.00. The van der Waals surface area contributed by atoms with E-state index in [4.69, 9.17) is 16.3 Å². The van der Waals surface area contributed by atoms with Crippen molar-refractivity contribution in [2.45, 2.75) is 38.7 Å². The monoisotopic (exact) mass is 219 g/mol. The Labute approximate surface area is 92.6 Å². The number of piperidine rings is 1. The van der Waals surface area contributed by atoms with Crippen LogP contribution in [0.4, 0.5) is 0 Å². The molecular weight excluding hydrogens is 198 g/mol. The summed E-state index contributed by atoms with van der Waals surface area (Å²) in [6.07, 6.45) is 5.36. The Kier molecular flexibility index (Phi) is 6.57. The van der Waals surface area contributed by atoms with Gasteiger partial charge in [-0.2, -0.15) is 0 Å². The Morgan fingerprint density at radius 1 is 1.43 bits per heavy atom. The number of likely N-dealkylation sites (tertiary alicyclic amines) is 1. The molecule has 1 fully saturated rings. The van der Waals surface area contributed by atoms with Crippen LogP contribution >= 0.6 is 11.6 Å². The molecule has 0 aromatic carbocycles. The van der Waals surface area contributed by atoms with Gasteiger partial charge in [0.25, 0.3) is 0 Å². The summed E-state index contributed by atoms with van der Waals surface area (Å²) >= 11 is 5.65. The highest BCUT2D eigenvalue weighted by molar-refractivity contribution is 6.17. The first kappa shape index (κ1) is 12.3. The maximum absolute atomic E-state index is 5.65. The Morgan fingerprint density at radius 2 is 2.29 bits per heavy atom. The fourth-order valence-electron chi connectivity index (χ4n) is 2.02. The Balaban J connectivity index is 2.12. The first-order valence-corrected chi connectivity index (χ1v) is 6.30. The number of nitrogens with zero attached hydrogens (tertiary/aromatic N) is 1. The summed E-state index contributed by atoms with van der Waals surface area (Å²) in [7, 11) is 0. The van der Waals surface area contributed by atoms with E-state index in [2.05, 4.69) is 11.8 Å². The molecule has 0 amide bonds. The molecule has 1 rings (SSSR count). The molecule has 1 heterocycles. The van der Waals surface area contributed by atoms with Gasteiger partial charge >= 0.3 is 0 Å². The van der Waals surface area contributed by atoms with Gasteiger partial charge in [-0.15, -0.1) is 11.6 Å². The van der Waals surface area contributed by atoms with Crippen molar-refractivity contribution in [2.24, 2.45) is 0 Å². The summed E-state index contributed by atoms with van der Waals surface area (Å²) in [6, 6.07) is 0. The third-order valence-corrected chi connectivity index (χ3v) is 2.99. The van der Waals surface area contributed by atoms with E-state index in [1.165, 1.54) is 32.4 Å². The molecule has 14 heavy (non-hydrogen) atoms. The van der Waals surface area contributed by atoms with E-state index in [0.29, 0.717) is 6.10 Å². The van der Waals surface area contributed by atoms with Crippen LogP contribution in [0.5, 0.6) is 0 Å². The zero-order chi connectivity index (χ0) is 10.2. The highest BCUT2D eigenvalue weighted by Crippen LogP contribution is 2.13. The number of halogens is 1. The van der Waals surface area contributed by atoms with Crippen molar-refractivity contribution in [3.05, 3.63) is 0 Å². The van der Waals surface area contributed by atoms with Crippen molar-refractivity contribution in [3.8, 4) is 0 Å². The fourth-order valence-corrected chi connectivity index (χ4v) is 2.21. The molecule has 0 aromatic rings. The van der Waals surface area contributed by atoms with E-state index in [1.807, 2.05) is 0 Å². The molecule has 2 nitrogen and oxygen atoms in total. The predicted molar refractivity (Wildman–Crippen MR) is 61.0 cm³/mol. The Morgan fingerprint density at radius 3 is 3.00 bits per heavy atom. The van der Waals surface area contributed by atoms with Crippen LogP contribution in [-0.4, -0.2) is 43.1 Å². The van der Waals surface area contributed by atoms with Gasteiger partial charge < -0.3 is 9.64 Å². The second kappa shape index (κ2) is 7.49. The average molecular weight is 220 g/mol. The van der Waals surface area contributed by atoms with Crippen LogP contribution in [0, 0.1) is 0 Å². The molecule has 0 N–H and O–H groups in total. The molecule has 0 radical (unpaired) electrons. The van der Waals surface area contributed by atoms with Crippen LogP contribution in [-0.2, 0) is 4.74 Å². The first-order valence-electron chi connectivity index (χ1n) is 5.76. The lowest BCUT2D eigenvalue weighted by Crippen LogP contribution is -2.40. The standard InChI is InChI=1S/C11H22ClNO/c1-2-14-11-6-5-9-13(10-11)8-4-3-7-12/h11H,2-10H2,1H3. The molecule has 0 saturated carbocycles. The second-order valence-corrected chi connectivity index (χ2v) is 4.29. The number of hydrogen-bond acceptors (Lipinski definition) is 2. The average Bonchev–Trinajstić information content (AvgIpc) is 2.19. The minimum atomic E-state index is 0.477. The Bertz CT molecular complexity index is 141. The summed E-state index contributed by atoms with van der Waals surface area (Å²) in [6.45, 7) is 6.48. The molecule has 1 unspecified atom stereocenters. The summed E-state index contributed by atoms with van der Waals surface area (Å²) in [5.74, 6) is 0.794. The third kappa shape index (κ3) is 4.63. The van der Waals surface area contributed by atoms with Crippen molar-refractivity contribution < 1.29 is 4.74 Å². The minimum absolute atomic E-state index is 0.477. The molecule has 84 valence electrons. The highest BCUT2D eigenvalue weighted by Gasteiger charge is 2.18. The lowest BCUT2D eigenvalue weighted by molar-refractivity contribution is 0.00572. The number of ether oxygens (including phenoxy) is 1. The molecule has 0 aliphatic carbocycles.